The Morgan fingerprint density at radius 2 is 1.23 bits per heavy atom. The number of anilines is 1. The summed E-state index contributed by atoms with van der Waals surface area (Å²) in [4.78, 5) is 21.1. The van der Waals surface area contributed by atoms with Gasteiger partial charge in [0.2, 0.25) is 26.0 Å². The maximum absolute atomic E-state index is 12.9. The smallest absolute Gasteiger partial charge is 0.269 e. The monoisotopic (exact) mass is 468 g/mol. The van der Waals surface area contributed by atoms with Crippen LogP contribution >= 0.6 is 0 Å². The van der Waals surface area contributed by atoms with Gasteiger partial charge in [0.15, 0.2) is 0 Å². The van der Waals surface area contributed by atoms with Gasteiger partial charge in [0.05, 0.1) is 14.7 Å². The van der Waals surface area contributed by atoms with Gasteiger partial charge in [-0.15, -0.1) is 0 Å². The summed E-state index contributed by atoms with van der Waals surface area (Å²) in [5, 5.41) is 13.3. The van der Waals surface area contributed by atoms with Crippen LogP contribution in [0.3, 0.4) is 0 Å². The largest absolute Gasteiger partial charge is 0.326 e. The summed E-state index contributed by atoms with van der Waals surface area (Å²) in [5.74, 6) is -0.277. The SMILES string of the molecule is CC(=O)Nc1ccc(S(=O)(=O)N2CCN(S(=O)(=O)c3ccc([N+](=O)[O-])cc3)CC2)cc1. The molecule has 2 aromatic carbocycles. The number of carbonyl (C=O) groups is 1. The van der Waals surface area contributed by atoms with E-state index >= 15 is 0 Å². The molecule has 0 unspecified atom stereocenters. The number of non-ortho nitro benzene ring substituents is 1. The van der Waals surface area contributed by atoms with E-state index < -0.39 is 25.0 Å². The molecule has 3 rings (SSSR count). The van der Waals surface area contributed by atoms with Gasteiger partial charge in [0.25, 0.3) is 5.69 Å². The Hall–Kier alpha value is -2.87. The topological polar surface area (TPSA) is 147 Å². The van der Waals surface area contributed by atoms with Crippen LogP contribution in [0.2, 0.25) is 0 Å². The van der Waals surface area contributed by atoms with Crippen molar-refractivity contribution in [1.82, 2.24) is 8.61 Å². The van der Waals surface area contributed by atoms with Gasteiger partial charge in [-0.2, -0.15) is 8.61 Å². The number of nitro groups is 1. The number of nitrogens with one attached hydrogen (secondary N) is 1. The molecule has 11 nitrogen and oxygen atoms in total. The highest BCUT2D eigenvalue weighted by Crippen LogP contribution is 2.24. The second-order valence-electron chi connectivity index (χ2n) is 6.76. The Morgan fingerprint density at radius 3 is 1.58 bits per heavy atom. The third-order valence-corrected chi connectivity index (χ3v) is 8.52. The molecular formula is C18H20N4O7S2. The highest BCUT2D eigenvalue weighted by molar-refractivity contribution is 7.89. The number of benzene rings is 2. The van der Waals surface area contributed by atoms with E-state index in [1.807, 2.05) is 0 Å². The fraction of sp³-hybridized carbons (Fsp3) is 0.278. The van der Waals surface area contributed by atoms with Crippen LogP contribution in [0.15, 0.2) is 58.3 Å². The van der Waals surface area contributed by atoms with Crippen LogP contribution in [0.25, 0.3) is 0 Å². The number of amides is 1. The van der Waals surface area contributed by atoms with E-state index in [1.54, 1.807) is 0 Å². The number of carbonyl (C=O) groups excluding carboxylic acids is 1. The molecule has 1 amide bonds. The third kappa shape index (κ3) is 4.90. The average Bonchev–Trinajstić information content (AvgIpc) is 2.74. The summed E-state index contributed by atoms with van der Waals surface area (Å²) in [6.45, 7) is 1.16. The van der Waals surface area contributed by atoms with E-state index in [-0.39, 0.29) is 47.6 Å². The van der Waals surface area contributed by atoms with Crippen LogP contribution < -0.4 is 5.32 Å². The molecule has 1 aliphatic heterocycles. The van der Waals surface area contributed by atoms with Crippen LogP contribution in [0.4, 0.5) is 11.4 Å². The van der Waals surface area contributed by atoms with Crippen molar-refractivity contribution in [2.75, 3.05) is 31.5 Å². The minimum Gasteiger partial charge on any atom is -0.326 e. The van der Waals surface area contributed by atoms with E-state index in [0.717, 1.165) is 28.6 Å². The molecule has 1 aliphatic rings. The number of hydrogen-bond acceptors (Lipinski definition) is 7. The summed E-state index contributed by atoms with van der Waals surface area (Å²) in [6, 6.07) is 10.2. The van der Waals surface area contributed by atoms with Crippen molar-refractivity contribution in [3.63, 3.8) is 0 Å². The zero-order chi connectivity index (χ0) is 22.8. The zero-order valence-electron chi connectivity index (χ0n) is 16.5. The average molecular weight is 469 g/mol. The summed E-state index contributed by atoms with van der Waals surface area (Å²) >= 11 is 0. The van der Waals surface area contributed by atoms with Crippen molar-refractivity contribution in [2.45, 2.75) is 16.7 Å². The molecule has 0 saturated carbocycles. The first-order valence-corrected chi connectivity index (χ1v) is 12.0. The normalized spacial score (nSPS) is 16.0. The third-order valence-electron chi connectivity index (χ3n) is 4.70. The van der Waals surface area contributed by atoms with Gasteiger partial charge in [-0.05, 0) is 36.4 Å². The number of nitro benzene ring substituents is 1. The van der Waals surface area contributed by atoms with Gasteiger partial charge in [0.1, 0.15) is 0 Å². The Bertz CT molecular complexity index is 1190. The van der Waals surface area contributed by atoms with Gasteiger partial charge >= 0.3 is 0 Å². The van der Waals surface area contributed by atoms with Crippen LogP contribution in [0, 0.1) is 10.1 Å². The van der Waals surface area contributed by atoms with Crippen molar-refractivity contribution in [2.24, 2.45) is 0 Å². The lowest BCUT2D eigenvalue weighted by Gasteiger charge is -2.33. The summed E-state index contributed by atoms with van der Waals surface area (Å²) in [6.07, 6.45) is 0. The predicted octanol–water partition coefficient (Wildman–Crippen LogP) is 1.25. The van der Waals surface area contributed by atoms with Crippen LogP contribution in [0.5, 0.6) is 0 Å². The number of sulfonamides is 2. The van der Waals surface area contributed by atoms with Gasteiger partial charge in [-0.1, -0.05) is 0 Å². The minimum atomic E-state index is -3.91. The van der Waals surface area contributed by atoms with Crippen molar-refractivity contribution in [3.8, 4) is 0 Å². The molecule has 0 atom stereocenters. The Kier molecular flexibility index (Phi) is 6.40. The molecule has 1 fully saturated rings. The quantitative estimate of drug-likeness (QED) is 0.496. The zero-order valence-corrected chi connectivity index (χ0v) is 18.1. The summed E-state index contributed by atoms with van der Waals surface area (Å²) in [7, 11) is -7.74. The molecule has 0 spiro atoms. The molecule has 166 valence electrons. The summed E-state index contributed by atoms with van der Waals surface area (Å²) in [5.41, 5.74) is 0.241. The molecule has 2 aromatic rings. The van der Waals surface area contributed by atoms with E-state index in [0.29, 0.717) is 5.69 Å². The first-order valence-electron chi connectivity index (χ1n) is 9.14. The number of nitrogens with zero attached hydrogens (tertiary/aromatic N) is 3. The van der Waals surface area contributed by atoms with Gasteiger partial charge in [0, 0.05) is 50.9 Å². The highest BCUT2D eigenvalue weighted by Gasteiger charge is 2.33. The number of rotatable bonds is 6. The first-order chi connectivity index (χ1) is 14.5. The highest BCUT2D eigenvalue weighted by atomic mass is 32.2. The van der Waals surface area contributed by atoms with Crippen LogP contribution in [-0.4, -0.2) is 62.5 Å². The molecular weight excluding hydrogens is 448 g/mol. The van der Waals surface area contributed by atoms with Gasteiger partial charge in [-0.25, -0.2) is 16.8 Å². The van der Waals surface area contributed by atoms with E-state index in [9.17, 15) is 31.7 Å². The molecule has 0 aromatic heterocycles. The van der Waals surface area contributed by atoms with E-state index in [1.165, 1.54) is 35.5 Å². The van der Waals surface area contributed by atoms with Gasteiger partial charge in [-0.3, -0.25) is 14.9 Å². The van der Waals surface area contributed by atoms with Crippen LogP contribution in [0.1, 0.15) is 6.92 Å². The fourth-order valence-corrected chi connectivity index (χ4v) is 5.95. The Labute approximate surface area is 179 Å². The second kappa shape index (κ2) is 8.70. The van der Waals surface area contributed by atoms with Crippen molar-refractivity contribution in [1.29, 1.82) is 0 Å². The number of piperazine rings is 1. The van der Waals surface area contributed by atoms with Crippen molar-refractivity contribution >= 4 is 37.3 Å². The molecule has 31 heavy (non-hydrogen) atoms. The molecule has 1 heterocycles. The standard InChI is InChI=1S/C18H20N4O7S2/c1-14(23)19-15-2-6-17(7-3-15)30(26,27)20-10-12-21(13-11-20)31(28,29)18-8-4-16(5-9-18)22(24)25/h2-9H,10-13H2,1H3,(H,19,23). The van der Waals surface area contributed by atoms with E-state index in [2.05, 4.69) is 5.32 Å². The maximum atomic E-state index is 12.9. The first kappa shape index (κ1) is 22.8. The molecule has 0 aliphatic carbocycles. The Balaban J connectivity index is 1.70. The van der Waals surface area contributed by atoms with Crippen LogP contribution in [-0.2, 0) is 24.8 Å². The maximum Gasteiger partial charge on any atom is 0.269 e. The van der Waals surface area contributed by atoms with Gasteiger partial charge < -0.3 is 5.32 Å². The molecule has 0 radical (unpaired) electrons. The molecule has 1 saturated heterocycles. The van der Waals surface area contributed by atoms with E-state index in [4.69, 9.17) is 0 Å². The molecule has 1 N–H and O–H groups in total. The lowest BCUT2D eigenvalue weighted by molar-refractivity contribution is -0.384. The Morgan fingerprint density at radius 1 is 0.839 bits per heavy atom. The number of hydrogen-bond donors (Lipinski definition) is 1. The van der Waals surface area contributed by atoms with Crippen molar-refractivity contribution < 1.29 is 26.6 Å². The minimum absolute atomic E-state index is 0.0354. The fourth-order valence-electron chi connectivity index (χ4n) is 3.10. The molecule has 0 bridgehead atoms. The lowest BCUT2D eigenvalue weighted by atomic mass is 10.3. The summed E-state index contributed by atoms with van der Waals surface area (Å²) < 4.78 is 53.6. The lowest BCUT2D eigenvalue weighted by Crippen LogP contribution is -2.50. The van der Waals surface area contributed by atoms with Crippen molar-refractivity contribution in [3.05, 3.63) is 58.6 Å². The second-order valence-corrected chi connectivity index (χ2v) is 10.6. The predicted molar refractivity (Wildman–Crippen MR) is 111 cm³/mol. The molecule has 13 heteroatoms.